The second kappa shape index (κ2) is 10.8. The number of benzene rings is 3. The van der Waals surface area contributed by atoms with Gasteiger partial charge in [0.1, 0.15) is 22.3 Å². The van der Waals surface area contributed by atoms with Crippen LogP contribution in [0, 0.1) is 11.6 Å². The van der Waals surface area contributed by atoms with Gasteiger partial charge in [0.15, 0.2) is 5.65 Å². The number of rotatable bonds is 8. The largest absolute Gasteiger partial charge is 0.366 e. The number of halogens is 4. The lowest BCUT2D eigenvalue weighted by Gasteiger charge is -2.12. The van der Waals surface area contributed by atoms with Gasteiger partial charge in [0.2, 0.25) is 10.0 Å². The van der Waals surface area contributed by atoms with Gasteiger partial charge >= 0.3 is 0 Å². The van der Waals surface area contributed by atoms with Gasteiger partial charge in [-0.2, -0.15) is 9.61 Å². The third kappa shape index (κ3) is 5.56. The van der Waals surface area contributed by atoms with E-state index in [2.05, 4.69) is 31.1 Å². The zero-order valence-electron chi connectivity index (χ0n) is 19.5. The van der Waals surface area contributed by atoms with Crippen LogP contribution in [0.5, 0.6) is 0 Å². The lowest BCUT2D eigenvalue weighted by Crippen LogP contribution is -2.24. The fourth-order valence-corrected chi connectivity index (χ4v) is 5.44. The highest BCUT2D eigenvalue weighted by atomic mass is 79.9. The number of aromatic nitrogens is 3. The first kappa shape index (κ1) is 26.2. The van der Waals surface area contributed by atoms with E-state index in [4.69, 9.17) is 16.6 Å². The lowest BCUT2D eigenvalue weighted by atomic mass is 10.1. The summed E-state index contributed by atoms with van der Waals surface area (Å²) in [6.45, 7) is 0.395. The first-order valence-electron chi connectivity index (χ1n) is 11.3. The Bertz CT molecular complexity index is 1750. The molecular formula is C26H19BrClF2N5O2S. The van der Waals surface area contributed by atoms with E-state index in [-0.39, 0.29) is 6.54 Å². The van der Waals surface area contributed by atoms with Crippen molar-refractivity contribution in [3.05, 3.63) is 111 Å². The number of sulfonamides is 1. The Morgan fingerprint density at radius 1 is 0.947 bits per heavy atom. The minimum absolute atomic E-state index is 0.0552. The summed E-state index contributed by atoms with van der Waals surface area (Å²) < 4.78 is 56.6. The molecule has 0 unspecified atom stereocenters. The van der Waals surface area contributed by atoms with Gasteiger partial charge in [-0.05, 0) is 45.3 Å². The van der Waals surface area contributed by atoms with Crippen molar-refractivity contribution in [1.29, 1.82) is 0 Å². The van der Waals surface area contributed by atoms with Crippen LogP contribution in [0.2, 0.25) is 5.02 Å². The van der Waals surface area contributed by atoms with E-state index < -0.39 is 26.6 Å². The van der Waals surface area contributed by atoms with Crippen molar-refractivity contribution in [2.45, 2.75) is 18.0 Å². The summed E-state index contributed by atoms with van der Waals surface area (Å²) in [7, 11) is -4.14. The Balaban J connectivity index is 1.30. The first-order valence-corrected chi connectivity index (χ1v) is 13.9. The maximum Gasteiger partial charge on any atom is 0.243 e. The number of hydrogen-bond acceptors (Lipinski definition) is 5. The van der Waals surface area contributed by atoms with E-state index in [0.717, 1.165) is 27.7 Å². The monoisotopic (exact) mass is 617 g/mol. The molecule has 12 heteroatoms. The van der Waals surface area contributed by atoms with Crippen molar-refractivity contribution in [3.63, 3.8) is 0 Å². The van der Waals surface area contributed by atoms with Crippen LogP contribution in [0.4, 0.5) is 14.6 Å². The van der Waals surface area contributed by atoms with Crippen LogP contribution >= 0.6 is 27.5 Å². The average molecular weight is 619 g/mol. The Labute approximate surface area is 230 Å². The molecule has 2 N–H and O–H groups in total. The summed E-state index contributed by atoms with van der Waals surface area (Å²) in [6, 6.07) is 18.9. The molecule has 194 valence electrons. The summed E-state index contributed by atoms with van der Waals surface area (Å²) in [5, 5.41) is 8.33. The highest BCUT2D eigenvalue weighted by Crippen LogP contribution is 2.30. The predicted molar refractivity (Wildman–Crippen MR) is 145 cm³/mol. The molecule has 7 nitrogen and oxygen atoms in total. The van der Waals surface area contributed by atoms with Gasteiger partial charge in [0, 0.05) is 35.8 Å². The first-order chi connectivity index (χ1) is 18.2. The number of hydrogen-bond donors (Lipinski definition) is 2. The highest BCUT2D eigenvalue weighted by molar-refractivity contribution is 9.10. The van der Waals surface area contributed by atoms with E-state index in [1.165, 1.54) is 0 Å². The molecule has 0 saturated heterocycles. The summed E-state index contributed by atoms with van der Waals surface area (Å²) in [5.41, 5.74) is 3.71. The number of nitrogens with zero attached hydrogens (tertiary/aromatic N) is 3. The lowest BCUT2D eigenvalue weighted by molar-refractivity contribution is 0.543. The van der Waals surface area contributed by atoms with Crippen LogP contribution in [-0.2, 0) is 23.1 Å². The number of fused-ring (bicyclic) bond motifs is 1. The van der Waals surface area contributed by atoms with Gasteiger partial charge in [-0.1, -0.05) is 54.1 Å². The molecule has 2 heterocycles. The average Bonchev–Trinajstić information content (AvgIpc) is 3.27. The van der Waals surface area contributed by atoms with E-state index in [1.54, 1.807) is 28.9 Å². The van der Waals surface area contributed by atoms with E-state index >= 15 is 0 Å². The summed E-state index contributed by atoms with van der Waals surface area (Å²) in [6.07, 6.45) is 1.66. The smallest absolute Gasteiger partial charge is 0.243 e. The van der Waals surface area contributed by atoms with Gasteiger partial charge in [0.05, 0.1) is 16.4 Å². The number of nitrogens with one attached hydrogen (secondary N) is 2. The third-order valence-corrected chi connectivity index (χ3v) is 8.05. The van der Waals surface area contributed by atoms with Crippen molar-refractivity contribution < 1.29 is 17.2 Å². The van der Waals surface area contributed by atoms with Gasteiger partial charge in [0.25, 0.3) is 0 Å². The number of anilines is 1. The SMILES string of the molecule is O=S(=O)(NCc1ccc(CNc2cc(-c3ccccc3Cl)nc3c(Br)cnn23)cc1)c1ccc(F)cc1F. The van der Waals surface area contributed by atoms with Crippen LogP contribution in [0.25, 0.3) is 16.9 Å². The molecule has 0 aliphatic rings. The fraction of sp³-hybridized carbons (Fsp3) is 0.0769. The standard InChI is InChI=1S/C26H19BrClF2N5O2S/c27-20-15-32-35-25(12-23(34-26(20)35)19-3-1-2-4-21(19)28)31-13-16-5-7-17(8-6-16)14-33-38(36,37)24-10-9-18(29)11-22(24)30/h1-12,15,31,33H,13-14H2. The van der Waals surface area contributed by atoms with Crippen molar-refractivity contribution in [2.24, 2.45) is 0 Å². The second-order valence-corrected chi connectivity index (χ2v) is 11.3. The minimum Gasteiger partial charge on any atom is -0.366 e. The molecule has 0 bridgehead atoms. The Hall–Kier alpha value is -3.38. The Morgan fingerprint density at radius 3 is 2.37 bits per heavy atom. The fourth-order valence-electron chi connectivity index (χ4n) is 3.79. The summed E-state index contributed by atoms with van der Waals surface area (Å²) in [4.78, 5) is 4.09. The molecule has 2 aromatic heterocycles. The Morgan fingerprint density at radius 2 is 1.66 bits per heavy atom. The Kier molecular flexibility index (Phi) is 7.44. The summed E-state index contributed by atoms with van der Waals surface area (Å²) >= 11 is 9.88. The molecule has 38 heavy (non-hydrogen) atoms. The van der Waals surface area contributed by atoms with Crippen molar-refractivity contribution in [3.8, 4) is 11.3 Å². The molecule has 5 rings (SSSR count). The molecule has 0 saturated carbocycles. The van der Waals surface area contributed by atoms with Gasteiger partial charge in [-0.25, -0.2) is 26.9 Å². The molecule has 0 radical (unpaired) electrons. The normalized spacial score (nSPS) is 11.7. The second-order valence-electron chi connectivity index (χ2n) is 8.30. The molecule has 3 aromatic carbocycles. The maximum atomic E-state index is 13.9. The molecule has 0 fully saturated rings. The van der Waals surface area contributed by atoms with Gasteiger partial charge in [-0.3, -0.25) is 0 Å². The molecule has 5 aromatic rings. The van der Waals surface area contributed by atoms with Crippen LogP contribution in [0.15, 0.2) is 88.4 Å². The molecule has 0 aliphatic carbocycles. The van der Waals surface area contributed by atoms with Gasteiger partial charge < -0.3 is 5.32 Å². The van der Waals surface area contributed by atoms with Crippen LogP contribution < -0.4 is 10.0 Å². The molecular weight excluding hydrogens is 600 g/mol. The zero-order valence-corrected chi connectivity index (χ0v) is 22.7. The van der Waals surface area contributed by atoms with E-state index in [1.807, 2.05) is 36.4 Å². The van der Waals surface area contributed by atoms with Crippen LogP contribution in [-0.4, -0.2) is 23.0 Å². The topological polar surface area (TPSA) is 88.4 Å². The van der Waals surface area contributed by atoms with Crippen LogP contribution in [0.1, 0.15) is 11.1 Å². The van der Waals surface area contributed by atoms with Crippen molar-refractivity contribution in [2.75, 3.05) is 5.32 Å². The minimum atomic E-state index is -4.14. The molecule has 0 amide bonds. The van der Waals surface area contributed by atoms with E-state index in [0.29, 0.717) is 40.4 Å². The quantitative estimate of drug-likeness (QED) is 0.217. The zero-order chi connectivity index (χ0) is 26.9. The predicted octanol–water partition coefficient (Wildman–Crippen LogP) is 6.18. The molecule has 0 spiro atoms. The molecule has 0 atom stereocenters. The van der Waals surface area contributed by atoms with Crippen LogP contribution in [0.3, 0.4) is 0 Å². The van der Waals surface area contributed by atoms with Gasteiger partial charge in [-0.15, -0.1) is 0 Å². The third-order valence-electron chi connectivity index (χ3n) is 5.72. The maximum absolute atomic E-state index is 13.9. The summed E-state index contributed by atoms with van der Waals surface area (Å²) in [5.74, 6) is -1.29. The molecule has 0 aliphatic heterocycles. The van der Waals surface area contributed by atoms with Crippen molar-refractivity contribution >= 4 is 49.0 Å². The van der Waals surface area contributed by atoms with Crippen molar-refractivity contribution in [1.82, 2.24) is 19.3 Å². The van der Waals surface area contributed by atoms with E-state index in [9.17, 15) is 17.2 Å². The highest BCUT2D eigenvalue weighted by Gasteiger charge is 2.19.